The van der Waals surface area contributed by atoms with Gasteiger partial charge in [0, 0.05) is 24.3 Å². The van der Waals surface area contributed by atoms with Gasteiger partial charge in [0.15, 0.2) is 5.82 Å². The number of nitrogen functional groups attached to an aromatic ring is 1. The zero-order valence-corrected chi connectivity index (χ0v) is 14.2. The summed E-state index contributed by atoms with van der Waals surface area (Å²) in [5, 5.41) is 0. The fourth-order valence-electron chi connectivity index (χ4n) is 1.62. The Balaban J connectivity index is 2.95. The Bertz CT molecular complexity index is 550. The molecule has 0 atom stereocenters. The highest BCUT2D eigenvalue weighted by Gasteiger charge is 2.24. The summed E-state index contributed by atoms with van der Waals surface area (Å²) in [7, 11) is 1.82. The zero-order valence-electron chi connectivity index (χ0n) is 11.8. The van der Waals surface area contributed by atoms with E-state index in [0.29, 0.717) is 11.0 Å². The second-order valence-corrected chi connectivity index (χ2v) is 7.56. The molecule has 7 nitrogen and oxygen atoms in total. The number of halogens is 1. The summed E-state index contributed by atoms with van der Waals surface area (Å²) in [6.45, 7) is 1.25. The van der Waals surface area contributed by atoms with Crippen molar-refractivity contribution in [2.75, 3.05) is 39.7 Å². The van der Waals surface area contributed by atoms with Crippen LogP contribution in [0.25, 0.3) is 0 Å². The quantitative estimate of drug-likeness (QED) is 0.545. The molecule has 0 aliphatic rings. The maximum atomic E-state index is 12.5. The van der Waals surface area contributed by atoms with Gasteiger partial charge in [-0.2, -0.15) is 0 Å². The Kier molecular flexibility index (Phi) is 6.34. The molecule has 3 N–H and O–H groups in total. The molecule has 9 heteroatoms. The highest BCUT2D eigenvalue weighted by Crippen LogP contribution is 2.24. The van der Waals surface area contributed by atoms with E-state index in [4.69, 9.17) is 5.84 Å². The summed E-state index contributed by atoms with van der Waals surface area (Å²) in [5.74, 6) is 5.45. The van der Waals surface area contributed by atoms with Crippen LogP contribution in [0.1, 0.15) is 6.42 Å². The summed E-state index contributed by atoms with van der Waals surface area (Å²) in [6.07, 6.45) is 2.23. The lowest BCUT2D eigenvalue weighted by atomic mass is 10.4. The van der Waals surface area contributed by atoms with Gasteiger partial charge in [-0.3, -0.25) is 0 Å². The van der Waals surface area contributed by atoms with Gasteiger partial charge in [-0.1, -0.05) is 0 Å². The molecule has 0 fully saturated rings. The lowest BCUT2D eigenvalue weighted by Gasteiger charge is -2.19. The number of anilines is 1. The minimum Gasteiger partial charge on any atom is -0.309 e. The van der Waals surface area contributed by atoms with Gasteiger partial charge in [0.1, 0.15) is 4.90 Å². The van der Waals surface area contributed by atoms with Gasteiger partial charge >= 0.3 is 0 Å². The van der Waals surface area contributed by atoms with E-state index < -0.39 is 10.0 Å². The van der Waals surface area contributed by atoms with Gasteiger partial charge in [0.05, 0.1) is 0 Å². The predicted molar refractivity (Wildman–Crippen MR) is 82.7 cm³/mol. The van der Waals surface area contributed by atoms with Crippen LogP contribution < -0.4 is 11.3 Å². The lowest BCUT2D eigenvalue weighted by molar-refractivity contribution is 0.370. The number of aromatic nitrogens is 1. The van der Waals surface area contributed by atoms with Crippen LogP contribution in [-0.4, -0.2) is 56.8 Å². The van der Waals surface area contributed by atoms with Crippen LogP contribution in [0.4, 0.5) is 5.82 Å². The van der Waals surface area contributed by atoms with Gasteiger partial charge in [-0.25, -0.2) is 23.5 Å². The molecular weight excluding hydrogens is 346 g/mol. The number of pyridine rings is 1. The van der Waals surface area contributed by atoms with Crippen molar-refractivity contribution in [3.8, 4) is 0 Å². The van der Waals surface area contributed by atoms with Crippen LogP contribution >= 0.6 is 15.9 Å². The van der Waals surface area contributed by atoms with Crippen molar-refractivity contribution < 1.29 is 8.42 Å². The van der Waals surface area contributed by atoms with Crippen molar-refractivity contribution in [3.05, 3.63) is 16.7 Å². The topological polar surface area (TPSA) is 91.6 Å². The highest BCUT2D eigenvalue weighted by molar-refractivity contribution is 9.10. The van der Waals surface area contributed by atoms with E-state index >= 15 is 0 Å². The largest absolute Gasteiger partial charge is 0.309 e. The summed E-state index contributed by atoms with van der Waals surface area (Å²) >= 11 is 3.22. The molecule has 0 unspecified atom stereocenters. The Morgan fingerprint density at radius 1 is 1.35 bits per heavy atom. The SMILES string of the molecule is CN(C)CCCN(C)S(=O)(=O)c1cc(Br)cnc1NN. The first kappa shape index (κ1) is 17.3. The van der Waals surface area contributed by atoms with Crippen molar-refractivity contribution in [2.24, 2.45) is 5.84 Å². The average molecular weight is 366 g/mol. The first-order chi connectivity index (χ1) is 9.28. The van der Waals surface area contributed by atoms with Crippen LogP contribution in [0.15, 0.2) is 21.6 Å². The van der Waals surface area contributed by atoms with E-state index in [1.165, 1.54) is 16.6 Å². The van der Waals surface area contributed by atoms with Crippen LogP contribution in [0, 0.1) is 0 Å². The Labute approximate surface area is 128 Å². The normalized spacial score (nSPS) is 12.2. The molecule has 1 aromatic heterocycles. The number of nitrogens with one attached hydrogen (secondary N) is 1. The molecule has 20 heavy (non-hydrogen) atoms. The number of nitrogens with zero attached hydrogens (tertiary/aromatic N) is 3. The van der Waals surface area contributed by atoms with Crippen molar-refractivity contribution in [1.82, 2.24) is 14.2 Å². The summed E-state index contributed by atoms with van der Waals surface area (Å²) in [4.78, 5) is 6.02. The molecule has 1 rings (SSSR count). The van der Waals surface area contributed by atoms with E-state index in [-0.39, 0.29) is 10.7 Å². The monoisotopic (exact) mass is 365 g/mol. The molecule has 0 spiro atoms. The third kappa shape index (κ3) is 4.38. The maximum absolute atomic E-state index is 12.5. The Morgan fingerprint density at radius 3 is 2.55 bits per heavy atom. The second-order valence-electron chi connectivity index (χ2n) is 4.63. The fourth-order valence-corrected chi connectivity index (χ4v) is 3.44. The van der Waals surface area contributed by atoms with Crippen molar-refractivity contribution >= 4 is 31.8 Å². The first-order valence-corrected chi connectivity index (χ1v) is 8.25. The second kappa shape index (κ2) is 7.32. The summed E-state index contributed by atoms with van der Waals surface area (Å²) in [6, 6.07) is 1.49. The standard InChI is InChI=1S/C11H20BrN5O2S/c1-16(2)5-4-6-17(3)20(18,19)10-7-9(12)8-14-11(10)15-13/h7-8H,4-6,13H2,1-3H3,(H,14,15). The minimum absolute atomic E-state index is 0.0572. The van der Waals surface area contributed by atoms with Crippen molar-refractivity contribution in [3.63, 3.8) is 0 Å². The molecule has 0 saturated carbocycles. The minimum atomic E-state index is -3.62. The molecular formula is C11H20BrN5O2S. The number of hydrogen-bond acceptors (Lipinski definition) is 6. The molecule has 0 amide bonds. The smallest absolute Gasteiger partial charge is 0.246 e. The van der Waals surface area contributed by atoms with E-state index in [0.717, 1.165) is 13.0 Å². The molecule has 0 bridgehead atoms. The third-order valence-electron chi connectivity index (χ3n) is 2.72. The zero-order chi connectivity index (χ0) is 15.3. The third-order valence-corrected chi connectivity index (χ3v) is 5.03. The fraction of sp³-hybridized carbons (Fsp3) is 0.545. The van der Waals surface area contributed by atoms with E-state index in [9.17, 15) is 8.42 Å². The summed E-state index contributed by atoms with van der Waals surface area (Å²) < 4.78 is 26.9. The number of hydrazine groups is 1. The molecule has 0 aliphatic heterocycles. The van der Waals surface area contributed by atoms with Crippen LogP contribution in [0.5, 0.6) is 0 Å². The van der Waals surface area contributed by atoms with Gasteiger partial charge in [-0.05, 0) is 49.1 Å². The van der Waals surface area contributed by atoms with Crippen LogP contribution in [-0.2, 0) is 10.0 Å². The molecule has 1 heterocycles. The number of hydrogen-bond donors (Lipinski definition) is 2. The van der Waals surface area contributed by atoms with E-state index in [1.807, 2.05) is 19.0 Å². The number of rotatable bonds is 7. The molecule has 0 saturated heterocycles. The Hall–Kier alpha value is -0.740. The first-order valence-electron chi connectivity index (χ1n) is 6.02. The van der Waals surface area contributed by atoms with E-state index in [2.05, 4.69) is 26.3 Å². The molecule has 0 aliphatic carbocycles. The van der Waals surface area contributed by atoms with Crippen LogP contribution in [0.2, 0.25) is 0 Å². The molecule has 0 aromatic carbocycles. The van der Waals surface area contributed by atoms with Gasteiger partial charge < -0.3 is 10.3 Å². The predicted octanol–water partition coefficient (Wildman–Crippen LogP) is 0.702. The Morgan fingerprint density at radius 2 is 2.00 bits per heavy atom. The molecule has 114 valence electrons. The maximum Gasteiger partial charge on any atom is 0.246 e. The van der Waals surface area contributed by atoms with Gasteiger partial charge in [0.25, 0.3) is 0 Å². The van der Waals surface area contributed by atoms with Gasteiger partial charge in [0.2, 0.25) is 10.0 Å². The van der Waals surface area contributed by atoms with Crippen LogP contribution in [0.3, 0.4) is 0 Å². The van der Waals surface area contributed by atoms with E-state index in [1.54, 1.807) is 7.05 Å². The average Bonchev–Trinajstić information content (AvgIpc) is 2.38. The summed E-state index contributed by atoms with van der Waals surface area (Å²) in [5.41, 5.74) is 2.31. The van der Waals surface area contributed by atoms with Crippen molar-refractivity contribution in [1.29, 1.82) is 0 Å². The molecule has 0 radical (unpaired) electrons. The molecule has 1 aromatic rings. The number of sulfonamides is 1. The highest BCUT2D eigenvalue weighted by atomic mass is 79.9. The lowest BCUT2D eigenvalue weighted by Crippen LogP contribution is -2.31. The van der Waals surface area contributed by atoms with Gasteiger partial charge in [-0.15, -0.1) is 0 Å². The number of nitrogens with two attached hydrogens (primary N) is 1. The van der Waals surface area contributed by atoms with Crippen molar-refractivity contribution in [2.45, 2.75) is 11.3 Å².